The zero-order chi connectivity index (χ0) is 10.0. The lowest BCUT2D eigenvalue weighted by atomic mass is 9.70. The van der Waals surface area contributed by atoms with Gasteiger partial charge < -0.3 is 5.73 Å². The number of hydrogen-bond acceptors (Lipinski definition) is 1. The second-order valence-corrected chi connectivity index (χ2v) is 4.71. The molecule has 1 fully saturated rings. The number of hydrogen-bond donors (Lipinski definition) is 1. The van der Waals surface area contributed by atoms with E-state index in [0.29, 0.717) is 5.41 Å². The van der Waals surface area contributed by atoms with Crippen molar-refractivity contribution in [1.29, 1.82) is 0 Å². The molecular weight excluding hydrogens is 170 g/mol. The van der Waals surface area contributed by atoms with Gasteiger partial charge in [0, 0.05) is 5.69 Å². The van der Waals surface area contributed by atoms with E-state index in [1.165, 1.54) is 37.7 Å². The van der Waals surface area contributed by atoms with Crippen molar-refractivity contribution in [2.24, 2.45) is 0 Å². The lowest BCUT2D eigenvalue weighted by molar-refractivity contribution is 0.320. The molecule has 1 aliphatic rings. The van der Waals surface area contributed by atoms with Gasteiger partial charge in [0.15, 0.2) is 0 Å². The van der Waals surface area contributed by atoms with Crippen LogP contribution in [0.15, 0.2) is 24.3 Å². The number of rotatable bonds is 1. The van der Waals surface area contributed by atoms with Crippen LogP contribution in [-0.4, -0.2) is 0 Å². The first-order chi connectivity index (χ1) is 6.72. The summed E-state index contributed by atoms with van der Waals surface area (Å²) in [7, 11) is 0. The number of nitrogens with two attached hydrogens (primary N) is 1. The highest BCUT2D eigenvalue weighted by atomic mass is 14.6. The summed E-state index contributed by atoms with van der Waals surface area (Å²) in [5.41, 5.74) is 8.70. The Balaban J connectivity index is 2.32. The fourth-order valence-electron chi connectivity index (χ4n) is 2.65. The molecule has 1 nitrogen and oxygen atoms in total. The van der Waals surface area contributed by atoms with Gasteiger partial charge in [0.2, 0.25) is 0 Å². The average Bonchev–Trinajstić information content (AvgIpc) is 2.19. The van der Waals surface area contributed by atoms with Gasteiger partial charge in [0.25, 0.3) is 0 Å². The quantitative estimate of drug-likeness (QED) is 0.672. The largest absolute Gasteiger partial charge is 0.398 e. The van der Waals surface area contributed by atoms with Crippen molar-refractivity contribution in [3.05, 3.63) is 29.8 Å². The first kappa shape index (κ1) is 9.57. The van der Waals surface area contributed by atoms with Crippen LogP contribution >= 0.6 is 0 Å². The van der Waals surface area contributed by atoms with Crippen LogP contribution < -0.4 is 5.73 Å². The molecule has 1 aromatic rings. The van der Waals surface area contributed by atoms with Crippen LogP contribution in [0, 0.1) is 0 Å². The van der Waals surface area contributed by atoms with Crippen LogP contribution in [-0.2, 0) is 5.41 Å². The van der Waals surface area contributed by atoms with Crippen molar-refractivity contribution in [1.82, 2.24) is 0 Å². The Labute approximate surface area is 86.3 Å². The Bertz CT molecular complexity index is 311. The van der Waals surface area contributed by atoms with Crippen LogP contribution in [0.1, 0.15) is 44.6 Å². The van der Waals surface area contributed by atoms with E-state index in [4.69, 9.17) is 5.73 Å². The third-order valence-electron chi connectivity index (χ3n) is 3.57. The fraction of sp³-hybridized carbons (Fsp3) is 0.538. The van der Waals surface area contributed by atoms with Crippen LogP contribution in [0.2, 0.25) is 0 Å². The predicted molar refractivity (Wildman–Crippen MR) is 61.3 cm³/mol. The topological polar surface area (TPSA) is 26.0 Å². The molecular formula is C13H19N. The Kier molecular flexibility index (Phi) is 2.49. The second-order valence-electron chi connectivity index (χ2n) is 4.71. The Morgan fingerprint density at radius 3 is 2.36 bits per heavy atom. The monoisotopic (exact) mass is 189 g/mol. The van der Waals surface area contributed by atoms with E-state index in [1.54, 1.807) is 0 Å². The first-order valence-corrected chi connectivity index (χ1v) is 5.57. The summed E-state index contributed by atoms with van der Waals surface area (Å²) in [6.45, 7) is 2.36. The van der Waals surface area contributed by atoms with E-state index in [9.17, 15) is 0 Å². The minimum Gasteiger partial charge on any atom is -0.398 e. The number of nitrogen functional groups attached to an aromatic ring is 1. The minimum atomic E-state index is 0.337. The highest BCUT2D eigenvalue weighted by Gasteiger charge is 2.29. The third-order valence-corrected chi connectivity index (χ3v) is 3.57. The SMILES string of the molecule is CC1(c2ccccc2N)CCCCC1. The second kappa shape index (κ2) is 3.64. The summed E-state index contributed by atoms with van der Waals surface area (Å²) in [5, 5.41) is 0. The molecule has 1 heteroatoms. The number of para-hydroxylation sites is 1. The van der Waals surface area contributed by atoms with Crippen LogP contribution in [0.5, 0.6) is 0 Å². The molecule has 1 aromatic carbocycles. The molecule has 0 saturated heterocycles. The van der Waals surface area contributed by atoms with Crippen molar-refractivity contribution in [2.45, 2.75) is 44.4 Å². The summed E-state index contributed by atoms with van der Waals surface area (Å²) in [6.07, 6.45) is 6.68. The zero-order valence-electron chi connectivity index (χ0n) is 8.92. The summed E-state index contributed by atoms with van der Waals surface area (Å²) in [5.74, 6) is 0. The lowest BCUT2D eigenvalue weighted by Gasteiger charge is -2.35. The smallest absolute Gasteiger partial charge is 0.0352 e. The normalized spacial score (nSPS) is 20.6. The molecule has 0 aromatic heterocycles. The van der Waals surface area contributed by atoms with Gasteiger partial charge in [-0.3, -0.25) is 0 Å². The van der Waals surface area contributed by atoms with E-state index in [0.717, 1.165) is 5.69 Å². The van der Waals surface area contributed by atoms with Crippen LogP contribution in [0.4, 0.5) is 5.69 Å². The van der Waals surface area contributed by atoms with Gasteiger partial charge in [0.1, 0.15) is 0 Å². The van der Waals surface area contributed by atoms with Crippen molar-refractivity contribution in [3.63, 3.8) is 0 Å². The maximum Gasteiger partial charge on any atom is 0.0352 e. The Morgan fingerprint density at radius 1 is 1.07 bits per heavy atom. The molecule has 0 radical (unpaired) electrons. The Morgan fingerprint density at radius 2 is 1.71 bits per heavy atom. The van der Waals surface area contributed by atoms with Crippen molar-refractivity contribution in [3.8, 4) is 0 Å². The van der Waals surface area contributed by atoms with Crippen molar-refractivity contribution in [2.75, 3.05) is 5.73 Å². The van der Waals surface area contributed by atoms with Crippen molar-refractivity contribution < 1.29 is 0 Å². The maximum absolute atomic E-state index is 6.04. The van der Waals surface area contributed by atoms with Gasteiger partial charge in [-0.1, -0.05) is 44.4 Å². The molecule has 0 unspecified atom stereocenters. The molecule has 0 aliphatic heterocycles. The summed E-state index contributed by atoms with van der Waals surface area (Å²) < 4.78 is 0. The third kappa shape index (κ3) is 1.63. The van der Waals surface area contributed by atoms with E-state index in [2.05, 4.69) is 19.1 Å². The molecule has 14 heavy (non-hydrogen) atoms. The molecule has 0 amide bonds. The molecule has 76 valence electrons. The zero-order valence-corrected chi connectivity index (χ0v) is 8.92. The molecule has 0 atom stereocenters. The molecule has 1 aliphatic carbocycles. The van der Waals surface area contributed by atoms with Crippen molar-refractivity contribution >= 4 is 5.69 Å². The van der Waals surface area contributed by atoms with Crippen LogP contribution in [0.3, 0.4) is 0 Å². The van der Waals surface area contributed by atoms with Gasteiger partial charge in [-0.15, -0.1) is 0 Å². The van der Waals surface area contributed by atoms with E-state index in [1.807, 2.05) is 12.1 Å². The number of anilines is 1. The van der Waals surface area contributed by atoms with Gasteiger partial charge in [-0.25, -0.2) is 0 Å². The van der Waals surface area contributed by atoms with E-state index < -0.39 is 0 Å². The predicted octanol–water partition coefficient (Wildman–Crippen LogP) is 3.49. The summed E-state index contributed by atoms with van der Waals surface area (Å²) in [4.78, 5) is 0. The first-order valence-electron chi connectivity index (χ1n) is 5.57. The Hall–Kier alpha value is -0.980. The highest BCUT2D eigenvalue weighted by molar-refractivity contribution is 5.50. The molecule has 0 bridgehead atoms. The fourth-order valence-corrected chi connectivity index (χ4v) is 2.65. The minimum absolute atomic E-state index is 0.337. The van der Waals surface area contributed by atoms with Gasteiger partial charge in [0.05, 0.1) is 0 Å². The van der Waals surface area contributed by atoms with Crippen LogP contribution in [0.25, 0.3) is 0 Å². The molecule has 0 spiro atoms. The van der Waals surface area contributed by atoms with Gasteiger partial charge in [-0.05, 0) is 29.9 Å². The molecule has 2 N–H and O–H groups in total. The number of benzene rings is 1. The molecule has 0 heterocycles. The highest BCUT2D eigenvalue weighted by Crippen LogP contribution is 2.40. The maximum atomic E-state index is 6.04. The summed E-state index contributed by atoms with van der Waals surface area (Å²) in [6, 6.07) is 8.34. The van der Waals surface area contributed by atoms with E-state index in [-0.39, 0.29) is 0 Å². The molecule has 1 saturated carbocycles. The van der Waals surface area contributed by atoms with Gasteiger partial charge >= 0.3 is 0 Å². The molecule has 2 rings (SSSR count). The lowest BCUT2D eigenvalue weighted by Crippen LogP contribution is -2.26. The van der Waals surface area contributed by atoms with E-state index >= 15 is 0 Å². The average molecular weight is 189 g/mol. The standard InChI is InChI=1S/C13H19N/c1-13(9-5-2-6-10-13)11-7-3-4-8-12(11)14/h3-4,7-8H,2,5-6,9-10,14H2,1H3. The summed E-state index contributed by atoms with van der Waals surface area (Å²) >= 11 is 0. The van der Waals surface area contributed by atoms with Gasteiger partial charge in [-0.2, -0.15) is 0 Å².